The number of nitrogens with one attached hydrogen (secondary N) is 1. The van der Waals surface area contributed by atoms with Crippen molar-refractivity contribution in [3.05, 3.63) is 94.1 Å². The predicted octanol–water partition coefficient (Wildman–Crippen LogP) is 6.20. The quantitative estimate of drug-likeness (QED) is 0.366. The zero-order valence-electron chi connectivity index (χ0n) is 21.4. The summed E-state index contributed by atoms with van der Waals surface area (Å²) in [5, 5.41) is 14.2. The van der Waals surface area contributed by atoms with Gasteiger partial charge in [-0.2, -0.15) is 0 Å². The number of hydrogen-bond acceptors (Lipinski definition) is 6. The van der Waals surface area contributed by atoms with Crippen LogP contribution in [0, 0.1) is 5.41 Å². The van der Waals surface area contributed by atoms with Crippen molar-refractivity contribution in [2.45, 2.75) is 39.3 Å². The van der Waals surface area contributed by atoms with Crippen molar-refractivity contribution in [1.29, 1.82) is 0 Å². The van der Waals surface area contributed by atoms with Crippen LogP contribution >= 0.6 is 11.6 Å². The molecule has 2 N–H and O–H groups in total. The Hall–Kier alpha value is -3.49. The Morgan fingerprint density at radius 3 is 2.50 bits per heavy atom. The maximum absolute atomic E-state index is 13.7. The van der Waals surface area contributed by atoms with Crippen LogP contribution in [0.2, 0.25) is 5.02 Å². The Bertz CT molecular complexity index is 1550. The fraction of sp³-hybridized carbons (Fsp3) is 0.276. The SMILES string of the molecule is CC1(C)CC(=O)C2=C(C1)Nc1c(O)cccc1N(S(C)(=O)=O)C2c1ccc(OCc2ccccc2)cc1Cl. The lowest BCUT2D eigenvalue weighted by Gasteiger charge is -2.37. The maximum Gasteiger partial charge on any atom is 0.233 e. The molecule has 5 rings (SSSR count). The fourth-order valence-corrected chi connectivity index (χ4v) is 6.61. The van der Waals surface area contributed by atoms with E-state index < -0.39 is 16.1 Å². The summed E-state index contributed by atoms with van der Waals surface area (Å²) in [7, 11) is -3.95. The number of nitrogens with zero attached hydrogens (tertiary/aromatic N) is 1. The molecule has 3 aromatic rings. The van der Waals surface area contributed by atoms with Crippen LogP contribution in [0.4, 0.5) is 11.4 Å². The number of phenols is 1. The number of ether oxygens (including phenoxy) is 1. The molecular weight excluding hydrogens is 524 g/mol. The van der Waals surface area contributed by atoms with Crippen molar-refractivity contribution >= 4 is 38.8 Å². The summed E-state index contributed by atoms with van der Waals surface area (Å²) in [5.41, 5.74) is 2.46. The van der Waals surface area contributed by atoms with E-state index in [1.54, 1.807) is 30.3 Å². The highest BCUT2D eigenvalue weighted by Gasteiger charge is 2.45. The van der Waals surface area contributed by atoms with Crippen LogP contribution in [0.3, 0.4) is 0 Å². The third-order valence-electron chi connectivity index (χ3n) is 6.83. The largest absolute Gasteiger partial charge is 0.506 e. The number of Topliss-reactive ketones (excluding diaryl/α,β-unsaturated/α-hetero) is 1. The van der Waals surface area contributed by atoms with E-state index in [-0.39, 0.29) is 39.8 Å². The van der Waals surface area contributed by atoms with Crippen LogP contribution in [-0.2, 0) is 21.4 Å². The number of ketones is 1. The Morgan fingerprint density at radius 1 is 1.08 bits per heavy atom. The Balaban J connectivity index is 1.66. The summed E-state index contributed by atoms with van der Waals surface area (Å²) >= 11 is 6.80. The van der Waals surface area contributed by atoms with Gasteiger partial charge in [-0.3, -0.25) is 9.10 Å². The second kappa shape index (κ2) is 9.67. The first-order chi connectivity index (χ1) is 17.9. The van der Waals surface area contributed by atoms with Crippen LogP contribution in [0.5, 0.6) is 11.5 Å². The van der Waals surface area contributed by atoms with E-state index in [9.17, 15) is 18.3 Å². The molecule has 7 nitrogen and oxygen atoms in total. The van der Waals surface area contributed by atoms with Gasteiger partial charge in [0.05, 0.1) is 11.9 Å². The summed E-state index contributed by atoms with van der Waals surface area (Å²) in [4.78, 5) is 13.7. The van der Waals surface area contributed by atoms with Crippen molar-refractivity contribution in [2.24, 2.45) is 5.41 Å². The molecule has 1 unspecified atom stereocenters. The molecule has 1 aliphatic carbocycles. The molecule has 0 bridgehead atoms. The van der Waals surface area contributed by atoms with Gasteiger partial charge in [0.25, 0.3) is 0 Å². The van der Waals surface area contributed by atoms with E-state index in [4.69, 9.17) is 16.3 Å². The maximum atomic E-state index is 13.7. The van der Waals surface area contributed by atoms with E-state index in [1.165, 1.54) is 10.4 Å². The van der Waals surface area contributed by atoms with Crippen molar-refractivity contribution in [1.82, 2.24) is 0 Å². The van der Waals surface area contributed by atoms with E-state index in [0.29, 0.717) is 35.6 Å². The number of anilines is 2. The normalized spacial score (nSPS) is 18.8. The van der Waals surface area contributed by atoms with E-state index in [1.807, 2.05) is 44.2 Å². The number of phenolic OH excluding ortho intramolecular Hbond substituents is 1. The number of rotatable bonds is 5. The molecular formula is C29H29ClN2O5S. The zero-order chi connectivity index (χ0) is 27.2. The molecule has 0 aromatic heterocycles. The lowest BCUT2D eigenvalue weighted by Crippen LogP contribution is -2.39. The number of hydrogen-bond donors (Lipinski definition) is 2. The average molecular weight is 553 g/mol. The molecule has 1 aliphatic heterocycles. The Labute approximate surface area is 227 Å². The minimum atomic E-state index is -3.95. The van der Waals surface area contributed by atoms with Crippen LogP contribution in [0.15, 0.2) is 78.0 Å². The van der Waals surface area contributed by atoms with Gasteiger partial charge in [-0.05, 0) is 47.2 Å². The second-order valence-corrected chi connectivity index (χ2v) is 12.8. The van der Waals surface area contributed by atoms with E-state index in [2.05, 4.69) is 5.32 Å². The van der Waals surface area contributed by atoms with Crippen molar-refractivity contribution in [3.8, 4) is 11.5 Å². The molecule has 3 aromatic carbocycles. The first kappa shape index (κ1) is 26.1. The molecule has 0 amide bonds. The molecule has 0 fully saturated rings. The smallest absolute Gasteiger partial charge is 0.233 e. The highest BCUT2D eigenvalue weighted by molar-refractivity contribution is 7.92. The number of aromatic hydroxyl groups is 1. The van der Waals surface area contributed by atoms with Crippen molar-refractivity contribution < 1.29 is 23.1 Å². The Kier molecular flexibility index (Phi) is 6.65. The molecule has 0 spiro atoms. The lowest BCUT2D eigenvalue weighted by atomic mass is 9.73. The molecule has 38 heavy (non-hydrogen) atoms. The topological polar surface area (TPSA) is 95.9 Å². The molecule has 1 atom stereocenters. The average Bonchev–Trinajstić information content (AvgIpc) is 2.98. The van der Waals surface area contributed by atoms with Crippen LogP contribution in [-0.4, -0.2) is 25.6 Å². The molecule has 0 radical (unpaired) electrons. The van der Waals surface area contributed by atoms with Crippen molar-refractivity contribution in [3.63, 3.8) is 0 Å². The number of carbonyl (C=O) groups is 1. The van der Waals surface area contributed by atoms with Gasteiger partial charge in [-0.25, -0.2) is 8.42 Å². The summed E-state index contributed by atoms with van der Waals surface area (Å²) in [6, 6.07) is 18.4. The molecule has 2 aliphatic rings. The first-order valence-electron chi connectivity index (χ1n) is 12.3. The monoisotopic (exact) mass is 552 g/mol. The van der Waals surface area contributed by atoms with Crippen LogP contribution in [0.1, 0.15) is 43.9 Å². The second-order valence-electron chi connectivity index (χ2n) is 10.5. The van der Waals surface area contributed by atoms with Gasteiger partial charge in [0, 0.05) is 22.7 Å². The minimum absolute atomic E-state index is 0.116. The molecule has 0 saturated carbocycles. The number of fused-ring (bicyclic) bond motifs is 1. The van der Waals surface area contributed by atoms with Gasteiger partial charge in [-0.15, -0.1) is 0 Å². The Morgan fingerprint density at radius 2 is 1.82 bits per heavy atom. The zero-order valence-corrected chi connectivity index (χ0v) is 22.9. The van der Waals surface area contributed by atoms with Gasteiger partial charge in [0.1, 0.15) is 29.8 Å². The number of allylic oxidation sites excluding steroid dienone is 1. The van der Waals surface area contributed by atoms with E-state index in [0.717, 1.165) is 11.8 Å². The third kappa shape index (κ3) is 4.98. The summed E-state index contributed by atoms with van der Waals surface area (Å²) in [6.07, 6.45) is 1.83. The van der Waals surface area contributed by atoms with E-state index >= 15 is 0 Å². The fourth-order valence-electron chi connectivity index (χ4n) is 5.22. The van der Waals surface area contributed by atoms with Gasteiger partial charge < -0.3 is 15.2 Å². The first-order valence-corrected chi connectivity index (χ1v) is 14.5. The third-order valence-corrected chi connectivity index (χ3v) is 8.28. The molecule has 9 heteroatoms. The number of para-hydroxylation sites is 1. The van der Waals surface area contributed by atoms with Gasteiger partial charge in [0.15, 0.2) is 5.78 Å². The lowest BCUT2D eigenvalue weighted by molar-refractivity contribution is -0.118. The van der Waals surface area contributed by atoms with Gasteiger partial charge in [-0.1, -0.05) is 67.9 Å². The number of halogens is 1. The molecule has 0 saturated heterocycles. The number of carbonyl (C=O) groups excluding carboxylic acids is 1. The summed E-state index contributed by atoms with van der Waals surface area (Å²) in [5.74, 6) is 0.231. The minimum Gasteiger partial charge on any atom is -0.506 e. The highest BCUT2D eigenvalue weighted by atomic mass is 35.5. The van der Waals surface area contributed by atoms with Crippen molar-refractivity contribution in [2.75, 3.05) is 15.9 Å². The number of sulfonamides is 1. The molecule has 1 heterocycles. The van der Waals surface area contributed by atoms with Crippen LogP contribution < -0.4 is 14.4 Å². The number of benzene rings is 3. The highest BCUT2D eigenvalue weighted by Crippen LogP contribution is 2.52. The van der Waals surface area contributed by atoms with Crippen LogP contribution in [0.25, 0.3) is 0 Å². The standard InChI is InChI=1S/C29H29ClN2O5S/c1-29(2)15-22-26(25(34)16-29)28(32(38(3,35)36)23-10-7-11-24(33)27(23)31-22)20-13-12-19(14-21(20)30)37-17-18-8-5-4-6-9-18/h4-14,28,31,33H,15-17H2,1-3H3. The summed E-state index contributed by atoms with van der Waals surface area (Å²) < 4.78 is 33.8. The molecule has 198 valence electrons. The van der Waals surface area contributed by atoms with Gasteiger partial charge >= 0.3 is 0 Å². The van der Waals surface area contributed by atoms with Gasteiger partial charge in [0.2, 0.25) is 10.0 Å². The summed E-state index contributed by atoms with van der Waals surface area (Å²) in [6.45, 7) is 4.32. The predicted molar refractivity (Wildman–Crippen MR) is 149 cm³/mol.